The van der Waals surface area contributed by atoms with Gasteiger partial charge in [0.15, 0.2) is 0 Å². The van der Waals surface area contributed by atoms with Crippen LogP contribution in [0.4, 0.5) is 4.39 Å². The number of halogens is 1. The summed E-state index contributed by atoms with van der Waals surface area (Å²) in [6, 6.07) is 1.89. The Bertz CT molecular complexity index is 471. The lowest BCUT2D eigenvalue weighted by atomic mass is 10.2. The van der Waals surface area contributed by atoms with E-state index in [4.69, 9.17) is 0 Å². The summed E-state index contributed by atoms with van der Waals surface area (Å²) in [6.45, 7) is 6.15. The van der Waals surface area contributed by atoms with E-state index < -0.39 is 0 Å². The lowest BCUT2D eigenvalue weighted by Gasteiger charge is -2.07. The van der Waals surface area contributed by atoms with Crippen LogP contribution in [0.2, 0.25) is 0 Å². The highest BCUT2D eigenvalue weighted by Crippen LogP contribution is 2.22. The van der Waals surface area contributed by atoms with Gasteiger partial charge in [-0.2, -0.15) is 0 Å². The molecule has 2 nitrogen and oxygen atoms in total. The van der Waals surface area contributed by atoms with Gasteiger partial charge >= 0.3 is 0 Å². The van der Waals surface area contributed by atoms with Crippen LogP contribution in [0, 0.1) is 12.7 Å². The molecule has 0 saturated carbocycles. The summed E-state index contributed by atoms with van der Waals surface area (Å²) >= 11 is 0. The number of nitrogens with zero attached hydrogens (tertiary/aromatic N) is 2. The van der Waals surface area contributed by atoms with Crippen LogP contribution in [0.1, 0.15) is 25.5 Å². The molecule has 74 valence electrons. The van der Waals surface area contributed by atoms with Crippen LogP contribution in [0.15, 0.2) is 18.5 Å². The maximum atomic E-state index is 13.0. The Hall–Kier alpha value is -1.38. The molecule has 0 amide bonds. The fraction of sp³-hybridized carbons (Fsp3) is 0.364. The van der Waals surface area contributed by atoms with Crippen LogP contribution in [-0.4, -0.2) is 9.55 Å². The van der Waals surface area contributed by atoms with E-state index >= 15 is 0 Å². The minimum atomic E-state index is -0.276. The van der Waals surface area contributed by atoms with E-state index in [1.807, 2.05) is 13.1 Å². The van der Waals surface area contributed by atoms with Crippen molar-refractivity contribution in [2.24, 2.45) is 0 Å². The second kappa shape index (κ2) is 3.08. The number of fused-ring (bicyclic) bond motifs is 1. The summed E-state index contributed by atoms with van der Waals surface area (Å²) in [4.78, 5) is 4.11. The minimum absolute atomic E-state index is 0.276. The summed E-state index contributed by atoms with van der Waals surface area (Å²) in [7, 11) is 0. The maximum absolute atomic E-state index is 13.0. The van der Waals surface area contributed by atoms with Crippen molar-refractivity contribution in [3.63, 3.8) is 0 Å². The van der Waals surface area contributed by atoms with E-state index in [9.17, 15) is 4.39 Å². The van der Waals surface area contributed by atoms with E-state index in [2.05, 4.69) is 23.4 Å². The van der Waals surface area contributed by atoms with Crippen LogP contribution in [0.3, 0.4) is 0 Å². The Morgan fingerprint density at radius 2 is 2.14 bits per heavy atom. The van der Waals surface area contributed by atoms with Gasteiger partial charge in [0.2, 0.25) is 0 Å². The minimum Gasteiger partial charge on any atom is -0.330 e. The molecule has 2 heterocycles. The molecule has 0 atom stereocenters. The first-order chi connectivity index (χ1) is 6.59. The van der Waals surface area contributed by atoms with Crippen molar-refractivity contribution in [1.82, 2.24) is 9.55 Å². The number of hydrogen-bond donors (Lipinski definition) is 0. The molecule has 2 rings (SSSR count). The van der Waals surface area contributed by atoms with Gasteiger partial charge in [-0.25, -0.2) is 9.37 Å². The predicted octanol–water partition coefficient (Wildman–Crippen LogP) is 3.06. The number of hydrogen-bond acceptors (Lipinski definition) is 1. The normalized spacial score (nSPS) is 11.5. The van der Waals surface area contributed by atoms with Gasteiger partial charge in [-0.15, -0.1) is 0 Å². The molecule has 0 spiro atoms. The third kappa shape index (κ3) is 1.29. The molecule has 0 radical (unpaired) electrons. The van der Waals surface area contributed by atoms with E-state index in [1.165, 1.54) is 12.3 Å². The van der Waals surface area contributed by atoms with Crippen LogP contribution in [0.5, 0.6) is 0 Å². The van der Waals surface area contributed by atoms with E-state index in [-0.39, 0.29) is 5.82 Å². The molecule has 0 bridgehead atoms. The third-order valence-electron chi connectivity index (χ3n) is 2.39. The van der Waals surface area contributed by atoms with Gasteiger partial charge in [0.1, 0.15) is 11.5 Å². The third-order valence-corrected chi connectivity index (χ3v) is 2.39. The first-order valence-electron chi connectivity index (χ1n) is 4.72. The molecule has 0 fully saturated rings. The fourth-order valence-corrected chi connectivity index (χ4v) is 1.66. The van der Waals surface area contributed by atoms with Gasteiger partial charge in [-0.05, 0) is 32.4 Å². The number of aromatic nitrogens is 2. The summed E-state index contributed by atoms with van der Waals surface area (Å²) in [6.07, 6.45) is 3.28. The molecule has 3 heteroatoms. The molecule has 0 aliphatic carbocycles. The molecule has 0 aliphatic heterocycles. The molecular formula is C11H13FN2. The summed E-state index contributed by atoms with van der Waals surface area (Å²) in [5.74, 6) is -0.276. The Labute approximate surface area is 82.4 Å². The first-order valence-corrected chi connectivity index (χ1v) is 4.72. The lowest BCUT2D eigenvalue weighted by Crippen LogP contribution is -1.99. The molecular weight excluding hydrogens is 179 g/mol. The zero-order valence-corrected chi connectivity index (χ0v) is 8.58. The number of rotatable bonds is 1. The van der Waals surface area contributed by atoms with Gasteiger partial charge in [0.05, 0.1) is 6.20 Å². The lowest BCUT2D eigenvalue weighted by molar-refractivity contribution is 0.608. The topological polar surface area (TPSA) is 17.8 Å². The van der Waals surface area contributed by atoms with Gasteiger partial charge in [-0.3, -0.25) is 0 Å². The second-order valence-corrected chi connectivity index (χ2v) is 3.84. The van der Waals surface area contributed by atoms with E-state index in [0.717, 1.165) is 16.6 Å². The first kappa shape index (κ1) is 9.19. The standard InChI is InChI=1S/C11H13FN2/c1-7(2)14-6-8(3)10-4-9(12)5-13-11(10)14/h4-7H,1-3H3. The summed E-state index contributed by atoms with van der Waals surface area (Å²) in [5, 5.41) is 0.902. The largest absolute Gasteiger partial charge is 0.330 e. The fourth-order valence-electron chi connectivity index (χ4n) is 1.66. The monoisotopic (exact) mass is 192 g/mol. The van der Waals surface area contributed by atoms with Gasteiger partial charge in [-0.1, -0.05) is 0 Å². The average molecular weight is 192 g/mol. The molecule has 0 saturated heterocycles. The highest BCUT2D eigenvalue weighted by molar-refractivity contribution is 5.80. The Morgan fingerprint density at radius 3 is 2.79 bits per heavy atom. The average Bonchev–Trinajstić information content (AvgIpc) is 2.44. The quantitative estimate of drug-likeness (QED) is 0.679. The van der Waals surface area contributed by atoms with Crippen LogP contribution in [-0.2, 0) is 0 Å². The van der Waals surface area contributed by atoms with Crippen LogP contribution >= 0.6 is 0 Å². The van der Waals surface area contributed by atoms with E-state index in [1.54, 1.807) is 0 Å². The Morgan fingerprint density at radius 1 is 1.43 bits per heavy atom. The Balaban J connectivity index is 2.77. The van der Waals surface area contributed by atoms with E-state index in [0.29, 0.717) is 6.04 Å². The molecule has 0 aromatic carbocycles. The van der Waals surface area contributed by atoms with Gasteiger partial charge in [0, 0.05) is 17.6 Å². The van der Waals surface area contributed by atoms with Crippen molar-refractivity contribution in [2.75, 3.05) is 0 Å². The van der Waals surface area contributed by atoms with Gasteiger partial charge < -0.3 is 4.57 Å². The van der Waals surface area contributed by atoms with Gasteiger partial charge in [0.25, 0.3) is 0 Å². The Kier molecular flexibility index (Phi) is 2.02. The zero-order valence-electron chi connectivity index (χ0n) is 8.58. The van der Waals surface area contributed by atoms with Crippen molar-refractivity contribution in [3.05, 3.63) is 29.8 Å². The predicted molar refractivity (Wildman–Crippen MR) is 54.8 cm³/mol. The van der Waals surface area contributed by atoms with Crippen molar-refractivity contribution in [3.8, 4) is 0 Å². The molecule has 0 unspecified atom stereocenters. The van der Waals surface area contributed by atoms with Crippen molar-refractivity contribution >= 4 is 11.0 Å². The molecule has 14 heavy (non-hydrogen) atoms. The number of pyridine rings is 1. The van der Waals surface area contributed by atoms with Crippen molar-refractivity contribution < 1.29 is 4.39 Å². The number of aryl methyl sites for hydroxylation is 1. The van der Waals surface area contributed by atoms with Crippen molar-refractivity contribution in [2.45, 2.75) is 26.8 Å². The highest BCUT2D eigenvalue weighted by Gasteiger charge is 2.09. The van der Waals surface area contributed by atoms with Crippen LogP contribution in [0.25, 0.3) is 11.0 Å². The van der Waals surface area contributed by atoms with Crippen LogP contribution < -0.4 is 0 Å². The molecule has 0 N–H and O–H groups in total. The molecule has 2 aromatic heterocycles. The smallest absolute Gasteiger partial charge is 0.142 e. The summed E-state index contributed by atoms with van der Waals surface area (Å²) < 4.78 is 15.0. The van der Waals surface area contributed by atoms with Crippen molar-refractivity contribution in [1.29, 1.82) is 0 Å². The molecule has 0 aliphatic rings. The SMILES string of the molecule is Cc1cn(C(C)C)c2ncc(F)cc12. The highest BCUT2D eigenvalue weighted by atomic mass is 19.1. The molecule has 2 aromatic rings. The maximum Gasteiger partial charge on any atom is 0.142 e. The summed E-state index contributed by atoms with van der Waals surface area (Å²) in [5.41, 5.74) is 1.93. The zero-order chi connectivity index (χ0) is 10.3. The second-order valence-electron chi connectivity index (χ2n) is 3.84.